The fourth-order valence-corrected chi connectivity index (χ4v) is 4.18. The molecule has 5 nitrogen and oxygen atoms in total. The Hall–Kier alpha value is -1.39. The van der Waals surface area contributed by atoms with Crippen LogP contribution in [0.1, 0.15) is 94.7 Å². The summed E-state index contributed by atoms with van der Waals surface area (Å²) in [6.45, 7) is 2.61. The van der Waals surface area contributed by atoms with Gasteiger partial charge in [-0.05, 0) is 38.0 Å². The maximum atomic E-state index is 12.5. The quantitative estimate of drug-likeness (QED) is 0.829. The first kappa shape index (κ1) is 16.1. The summed E-state index contributed by atoms with van der Waals surface area (Å²) in [5.74, 6) is 3.77. The molecular formula is C19H30N4O. The molecule has 24 heavy (non-hydrogen) atoms. The van der Waals surface area contributed by atoms with E-state index in [2.05, 4.69) is 27.0 Å². The summed E-state index contributed by atoms with van der Waals surface area (Å²) in [7, 11) is 0. The second kappa shape index (κ2) is 6.85. The van der Waals surface area contributed by atoms with E-state index >= 15 is 0 Å². The molecule has 1 aromatic heterocycles. The highest BCUT2D eigenvalue weighted by Gasteiger charge is 2.36. The molecule has 0 aromatic carbocycles. The van der Waals surface area contributed by atoms with Crippen molar-refractivity contribution in [2.24, 2.45) is 11.8 Å². The molecule has 3 saturated carbocycles. The predicted molar refractivity (Wildman–Crippen MR) is 92.5 cm³/mol. The SMILES string of the molecule is CC(CC1CCCCC1)C(=O)NCc1nnc(C2CC2)n1C1CC1. The Morgan fingerprint density at radius 3 is 2.54 bits per heavy atom. The molecule has 1 unspecified atom stereocenters. The summed E-state index contributed by atoms with van der Waals surface area (Å²) in [5.41, 5.74) is 0. The normalized spacial score (nSPS) is 23.2. The third kappa shape index (κ3) is 3.65. The van der Waals surface area contributed by atoms with E-state index in [1.807, 2.05) is 0 Å². The number of rotatable bonds is 7. The lowest BCUT2D eigenvalue weighted by Gasteiger charge is -2.24. The van der Waals surface area contributed by atoms with E-state index in [9.17, 15) is 4.79 Å². The van der Waals surface area contributed by atoms with E-state index in [1.54, 1.807) is 0 Å². The zero-order valence-corrected chi connectivity index (χ0v) is 14.8. The van der Waals surface area contributed by atoms with Gasteiger partial charge in [-0.2, -0.15) is 0 Å². The van der Waals surface area contributed by atoms with Crippen LogP contribution in [-0.2, 0) is 11.3 Å². The summed E-state index contributed by atoms with van der Waals surface area (Å²) >= 11 is 0. The van der Waals surface area contributed by atoms with Crippen LogP contribution in [0.4, 0.5) is 0 Å². The molecule has 0 radical (unpaired) electrons. The minimum atomic E-state index is 0.105. The number of amides is 1. The predicted octanol–water partition coefficient (Wildman–Crippen LogP) is 3.71. The molecule has 1 aromatic rings. The average Bonchev–Trinajstić information content (AvgIpc) is 3.52. The minimum absolute atomic E-state index is 0.105. The fraction of sp³-hybridized carbons (Fsp3) is 0.842. The lowest BCUT2D eigenvalue weighted by molar-refractivity contribution is -0.125. The highest BCUT2D eigenvalue weighted by atomic mass is 16.1. The molecule has 1 atom stereocenters. The number of hydrogen-bond acceptors (Lipinski definition) is 3. The number of carbonyl (C=O) groups excluding carboxylic acids is 1. The van der Waals surface area contributed by atoms with E-state index in [0.29, 0.717) is 18.5 Å². The number of hydrogen-bond donors (Lipinski definition) is 1. The monoisotopic (exact) mass is 330 g/mol. The van der Waals surface area contributed by atoms with Gasteiger partial charge in [0.2, 0.25) is 5.91 Å². The van der Waals surface area contributed by atoms with Gasteiger partial charge in [-0.15, -0.1) is 10.2 Å². The highest BCUT2D eigenvalue weighted by Crippen LogP contribution is 2.44. The Labute approximate surface area is 144 Å². The van der Waals surface area contributed by atoms with Crippen LogP contribution >= 0.6 is 0 Å². The van der Waals surface area contributed by atoms with Crippen LogP contribution in [0.3, 0.4) is 0 Å². The summed E-state index contributed by atoms with van der Waals surface area (Å²) in [5, 5.41) is 11.9. The van der Waals surface area contributed by atoms with Gasteiger partial charge in [-0.1, -0.05) is 39.0 Å². The Morgan fingerprint density at radius 2 is 1.88 bits per heavy atom. The van der Waals surface area contributed by atoms with Crippen molar-refractivity contribution in [3.05, 3.63) is 11.6 Å². The van der Waals surface area contributed by atoms with Crippen LogP contribution in [-0.4, -0.2) is 20.7 Å². The third-order valence-electron chi connectivity index (χ3n) is 5.93. The van der Waals surface area contributed by atoms with E-state index in [4.69, 9.17) is 0 Å². The molecule has 5 heteroatoms. The third-order valence-corrected chi connectivity index (χ3v) is 5.93. The molecule has 0 saturated heterocycles. The summed E-state index contributed by atoms with van der Waals surface area (Å²) in [6.07, 6.45) is 12.7. The number of aromatic nitrogens is 3. The average molecular weight is 330 g/mol. The first-order chi connectivity index (χ1) is 11.7. The molecule has 4 rings (SSSR count). The van der Waals surface area contributed by atoms with Crippen LogP contribution in [0.5, 0.6) is 0 Å². The van der Waals surface area contributed by atoms with E-state index < -0.39 is 0 Å². The Balaban J connectivity index is 1.32. The maximum absolute atomic E-state index is 12.5. The van der Waals surface area contributed by atoms with E-state index in [0.717, 1.165) is 24.0 Å². The second-order valence-corrected chi connectivity index (χ2v) is 8.21. The standard InChI is InChI=1S/C19H30N4O/c1-13(11-14-5-3-2-4-6-14)19(24)20-12-17-21-22-18(15-7-8-15)23(17)16-9-10-16/h13-16H,2-12H2,1H3,(H,20,24). The zero-order chi connectivity index (χ0) is 16.5. The van der Waals surface area contributed by atoms with Crippen LogP contribution in [0.2, 0.25) is 0 Å². The second-order valence-electron chi connectivity index (χ2n) is 8.21. The summed E-state index contributed by atoms with van der Waals surface area (Å²) in [6, 6.07) is 0.585. The molecule has 3 fully saturated rings. The van der Waals surface area contributed by atoms with Gasteiger partial charge in [0.15, 0.2) is 5.82 Å². The molecule has 132 valence electrons. The molecule has 0 aliphatic heterocycles. The van der Waals surface area contributed by atoms with Gasteiger partial charge in [0, 0.05) is 17.9 Å². The summed E-state index contributed by atoms with van der Waals surface area (Å²) < 4.78 is 2.32. The first-order valence-corrected chi connectivity index (χ1v) is 9.93. The van der Waals surface area contributed by atoms with Gasteiger partial charge in [0.1, 0.15) is 5.82 Å². The largest absolute Gasteiger partial charge is 0.349 e. The van der Waals surface area contributed by atoms with Crippen molar-refractivity contribution in [2.75, 3.05) is 0 Å². The molecule has 3 aliphatic carbocycles. The molecule has 0 spiro atoms. The Bertz CT molecular complexity index is 582. The summed E-state index contributed by atoms with van der Waals surface area (Å²) in [4.78, 5) is 12.5. The van der Waals surface area contributed by atoms with Crippen LogP contribution in [0, 0.1) is 11.8 Å². The van der Waals surface area contributed by atoms with Crippen molar-refractivity contribution < 1.29 is 4.79 Å². The van der Waals surface area contributed by atoms with Crippen molar-refractivity contribution >= 4 is 5.91 Å². The molecule has 1 amide bonds. The van der Waals surface area contributed by atoms with Gasteiger partial charge >= 0.3 is 0 Å². The van der Waals surface area contributed by atoms with E-state index in [1.165, 1.54) is 57.8 Å². The van der Waals surface area contributed by atoms with Crippen molar-refractivity contribution in [3.8, 4) is 0 Å². The van der Waals surface area contributed by atoms with Crippen molar-refractivity contribution in [3.63, 3.8) is 0 Å². The maximum Gasteiger partial charge on any atom is 0.223 e. The zero-order valence-electron chi connectivity index (χ0n) is 14.8. The fourth-order valence-electron chi connectivity index (χ4n) is 4.18. The van der Waals surface area contributed by atoms with Gasteiger partial charge in [-0.3, -0.25) is 4.79 Å². The number of carbonyl (C=O) groups is 1. The number of nitrogens with zero attached hydrogens (tertiary/aromatic N) is 3. The molecule has 3 aliphatic rings. The highest BCUT2D eigenvalue weighted by molar-refractivity contribution is 5.78. The minimum Gasteiger partial charge on any atom is -0.349 e. The lowest BCUT2D eigenvalue weighted by Crippen LogP contribution is -2.31. The van der Waals surface area contributed by atoms with Crippen molar-refractivity contribution in [2.45, 2.75) is 89.6 Å². The van der Waals surface area contributed by atoms with Gasteiger partial charge in [0.05, 0.1) is 6.54 Å². The van der Waals surface area contributed by atoms with Gasteiger partial charge in [0.25, 0.3) is 0 Å². The van der Waals surface area contributed by atoms with Gasteiger partial charge < -0.3 is 9.88 Å². The molecule has 0 bridgehead atoms. The van der Waals surface area contributed by atoms with Crippen LogP contribution in [0.15, 0.2) is 0 Å². The smallest absolute Gasteiger partial charge is 0.223 e. The van der Waals surface area contributed by atoms with Crippen LogP contribution in [0.25, 0.3) is 0 Å². The van der Waals surface area contributed by atoms with E-state index in [-0.39, 0.29) is 11.8 Å². The topological polar surface area (TPSA) is 59.8 Å². The number of nitrogens with one attached hydrogen (secondary N) is 1. The van der Waals surface area contributed by atoms with Gasteiger partial charge in [-0.25, -0.2) is 0 Å². The van der Waals surface area contributed by atoms with Crippen molar-refractivity contribution in [1.29, 1.82) is 0 Å². The Kier molecular flexibility index (Phi) is 4.59. The lowest BCUT2D eigenvalue weighted by atomic mass is 9.83. The molecule has 1 heterocycles. The molecular weight excluding hydrogens is 300 g/mol. The first-order valence-electron chi connectivity index (χ1n) is 9.93. The molecule has 1 N–H and O–H groups in total. The van der Waals surface area contributed by atoms with Crippen LogP contribution < -0.4 is 5.32 Å². The Morgan fingerprint density at radius 1 is 1.12 bits per heavy atom. The van der Waals surface area contributed by atoms with Crippen molar-refractivity contribution in [1.82, 2.24) is 20.1 Å².